The number of rotatable bonds is 8. The quantitative estimate of drug-likeness (QED) is 0.413. The van der Waals surface area contributed by atoms with Gasteiger partial charge in [0.2, 0.25) is 11.8 Å². The summed E-state index contributed by atoms with van der Waals surface area (Å²) < 4.78 is 0. The number of piperazine rings is 1. The summed E-state index contributed by atoms with van der Waals surface area (Å²) in [7, 11) is 0. The molecule has 0 atom stereocenters. The highest BCUT2D eigenvalue weighted by molar-refractivity contribution is 6.04. The third-order valence-electron chi connectivity index (χ3n) is 7.39. The lowest BCUT2D eigenvalue weighted by molar-refractivity contribution is -0.136. The van der Waals surface area contributed by atoms with Crippen molar-refractivity contribution in [3.8, 4) is 11.1 Å². The highest BCUT2D eigenvalue weighted by Gasteiger charge is 2.29. The molecule has 8 nitrogen and oxygen atoms in total. The van der Waals surface area contributed by atoms with Crippen LogP contribution in [-0.2, 0) is 16.1 Å². The van der Waals surface area contributed by atoms with E-state index in [9.17, 15) is 14.4 Å². The maximum absolute atomic E-state index is 12.9. The summed E-state index contributed by atoms with van der Waals surface area (Å²) >= 11 is 0. The Morgan fingerprint density at radius 2 is 1.51 bits per heavy atom. The van der Waals surface area contributed by atoms with Crippen LogP contribution in [0.2, 0.25) is 0 Å². The fourth-order valence-electron chi connectivity index (χ4n) is 4.81. The molecule has 0 aromatic heterocycles. The van der Waals surface area contributed by atoms with Gasteiger partial charge in [0, 0.05) is 55.6 Å². The van der Waals surface area contributed by atoms with Gasteiger partial charge in [-0.05, 0) is 78.4 Å². The molecule has 0 radical (unpaired) electrons. The van der Waals surface area contributed by atoms with Gasteiger partial charge in [-0.2, -0.15) is 0 Å². The van der Waals surface area contributed by atoms with Gasteiger partial charge in [0.1, 0.15) is 6.61 Å². The average molecular weight is 527 g/mol. The third kappa shape index (κ3) is 6.71. The second-order valence-electron chi connectivity index (χ2n) is 10.3. The van der Waals surface area contributed by atoms with Crippen molar-refractivity contribution in [2.45, 2.75) is 26.3 Å². The molecule has 39 heavy (non-hydrogen) atoms. The van der Waals surface area contributed by atoms with Crippen molar-refractivity contribution in [1.82, 2.24) is 9.80 Å². The molecule has 202 valence electrons. The van der Waals surface area contributed by atoms with E-state index >= 15 is 0 Å². The minimum Gasteiger partial charge on any atom is -0.387 e. The van der Waals surface area contributed by atoms with Crippen molar-refractivity contribution in [1.29, 1.82) is 0 Å². The smallest absolute Gasteiger partial charge is 0.255 e. The maximum Gasteiger partial charge on any atom is 0.255 e. The highest BCUT2D eigenvalue weighted by Crippen LogP contribution is 2.32. The monoisotopic (exact) mass is 526 g/mol. The number of anilines is 2. The first-order valence-corrected chi connectivity index (χ1v) is 13.4. The van der Waals surface area contributed by atoms with Gasteiger partial charge < -0.3 is 20.6 Å². The van der Waals surface area contributed by atoms with E-state index in [1.54, 1.807) is 4.90 Å². The van der Waals surface area contributed by atoms with Crippen LogP contribution in [0.25, 0.3) is 11.1 Å². The van der Waals surface area contributed by atoms with Crippen LogP contribution in [0.5, 0.6) is 0 Å². The number of carbonyl (C=O) groups excluding carboxylic acids is 3. The average Bonchev–Trinajstić information content (AvgIpc) is 3.81. The molecule has 0 unspecified atom stereocenters. The van der Waals surface area contributed by atoms with Crippen LogP contribution < -0.4 is 10.6 Å². The molecule has 3 aromatic carbocycles. The first-order valence-electron chi connectivity index (χ1n) is 13.4. The Bertz CT molecular complexity index is 1340. The zero-order valence-electron chi connectivity index (χ0n) is 22.2. The summed E-state index contributed by atoms with van der Waals surface area (Å²) in [6.45, 7) is 5.12. The van der Waals surface area contributed by atoms with Gasteiger partial charge in [-0.15, -0.1) is 0 Å². The Labute approximate surface area is 228 Å². The van der Waals surface area contributed by atoms with E-state index in [-0.39, 0.29) is 23.6 Å². The lowest BCUT2D eigenvalue weighted by Gasteiger charge is -2.34. The Morgan fingerprint density at radius 3 is 2.15 bits per heavy atom. The van der Waals surface area contributed by atoms with E-state index in [1.807, 2.05) is 73.7 Å². The number of aliphatic hydroxyl groups excluding tert-OH is 1. The van der Waals surface area contributed by atoms with Gasteiger partial charge in [-0.1, -0.05) is 30.3 Å². The van der Waals surface area contributed by atoms with Crippen molar-refractivity contribution in [2.24, 2.45) is 5.92 Å². The van der Waals surface area contributed by atoms with E-state index in [2.05, 4.69) is 15.5 Å². The predicted molar refractivity (Wildman–Crippen MR) is 151 cm³/mol. The van der Waals surface area contributed by atoms with Crippen molar-refractivity contribution in [3.05, 3.63) is 83.4 Å². The molecule has 2 fully saturated rings. The highest BCUT2D eigenvalue weighted by atomic mass is 16.3. The zero-order valence-corrected chi connectivity index (χ0v) is 22.2. The van der Waals surface area contributed by atoms with Crippen LogP contribution in [-0.4, -0.2) is 65.4 Å². The Kier molecular flexibility index (Phi) is 8.05. The van der Waals surface area contributed by atoms with E-state index in [0.29, 0.717) is 18.7 Å². The summed E-state index contributed by atoms with van der Waals surface area (Å²) in [5.74, 6) is -0.167. The molecule has 0 spiro atoms. The minimum absolute atomic E-state index is 0.0830. The van der Waals surface area contributed by atoms with E-state index in [1.165, 1.54) is 0 Å². The molecule has 2 aliphatic rings. The van der Waals surface area contributed by atoms with Gasteiger partial charge in [0.15, 0.2) is 0 Å². The lowest BCUT2D eigenvalue weighted by atomic mass is 9.98. The number of hydrogen-bond acceptors (Lipinski definition) is 5. The molecule has 3 amide bonds. The number of nitrogens with one attached hydrogen (secondary N) is 2. The largest absolute Gasteiger partial charge is 0.387 e. The summed E-state index contributed by atoms with van der Waals surface area (Å²) in [6.07, 6.45) is 1.93. The first kappa shape index (κ1) is 26.6. The summed E-state index contributed by atoms with van der Waals surface area (Å²) in [5.41, 5.74) is 6.31. The topological polar surface area (TPSA) is 102 Å². The van der Waals surface area contributed by atoms with Crippen molar-refractivity contribution < 1.29 is 19.5 Å². The second-order valence-corrected chi connectivity index (χ2v) is 10.3. The summed E-state index contributed by atoms with van der Waals surface area (Å²) in [4.78, 5) is 40.6. The number of carbonyl (C=O) groups is 3. The lowest BCUT2D eigenvalue weighted by Crippen LogP contribution is -2.49. The first-order chi connectivity index (χ1) is 18.9. The number of hydrogen-bond donors (Lipinski definition) is 3. The second kappa shape index (κ2) is 11.8. The SMILES string of the molecule is Cc1ccc(NC(=O)C2CC2)cc1-c1ccc(C(=O)Nc2ccc(CN3CCN(C(=O)CO)CC3)cc2)cc1. The molecule has 3 aromatic rings. The minimum atomic E-state index is -0.438. The van der Waals surface area contributed by atoms with Crippen LogP contribution in [0.4, 0.5) is 11.4 Å². The van der Waals surface area contributed by atoms with E-state index < -0.39 is 6.61 Å². The zero-order chi connectivity index (χ0) is 27.4. The Balaban J connectivity index is 1.16. The van der Waals surface area contributed by atoms with Crippen LogP contribution in [0.3, 0.4) is 0 Å². The maximum atomic E-state index is 12.9. The molecule has 1 saturated heterocycles. The molecule has 0 bridgehead atoms. The van der Waals surface area contributed by atoms with Crippen molar-refractivity contribution in [2.75, 3.05) is 43.4 Å². The van der Waals surface area contributed by atoms with Crippen LogP contribution in [0.15, 0.2) is 66.7 Å². The van der Waals surface area contributed by atoms with Crippen molar-refractivity contribution >= 4 is 29.1 Å². The number of benzene rings is 3. The van der Waals surface area contributed by atoms with Crippen molar-refractivity contribution in [3.63, 3.8) is 0 Å². The van der Waals surface area contributed by atoms with Gasteiger partial charge >= 0.3 is 0 Å². The molecule has 3 N–H and O–H groups in total. The van der Waals surface area contributed by atoms with Gasteiger partial charge in [-0.25, -0.2) is 0 Å². The summed E-state index contributed by atoms with van der Waals surface area (Å²) in [6, 6.07) is 21.2. The number of amides is 3. The molecule has 5 rings (SSSR count). The van der Waals surface area contributed by atoms with Gasteiger partial charge in [0.25, 0.3) is 5.91 Å². The number of aliphatic hydroxyl groups is 1. The van der Waals surface area contributed by atoms with Crippen LogP contribution in [0, 0.1) is 12.8 Å². The number of nitrogens with zero attached hydrogens (tertiary/aromatic N) is 2. The third-order valence-corrected chi connectivity index (χ3v) is 7.39. The fourth-order valence-corrected chi connectivity index (χ4v) is 4.81. The molecular formula is C31H34N4O4. The molecular weight excluding hydrogens is 492 g/mol. The summed E-state index contributed by atoms with van der Waals surface area (Å²) in [5, 5.41) is 15.0. The molecule has 1 saturated carbocycles. The van der Waals surface area contributed by atoms with Crippen LogP contribution in [0.1, 0.15) is 34.3 Å². The van der Waals surface area contributed by atoms with Gasteiger partial charge in [0.05, 0.1) is 0 Å². The molecule has 8 heteroatoms. The van der Waals surface area contributed by atoms with E-state index in [0.717, 1.165) is 66.1 Å². The molecule has 1 aliphatic carbocycles. The molecule has 1 heterocycles. The standard InChI is InChI=1S/C31H34N4O4/c1-21-2-11-27(33-31(39)25-9-10-25)18-28(21)23-5-7-24(8-6-23)30(38)32-26-12-3-22(4-13-26)19-34-14-16-35(17-15-34)29(37)20-36/h2-8,11-13,18,25,36H,9-10,14-17,19-20H2,1H3,(H,32,38)(H,33,39). The Morgan fingerprint density at radius 1 is 0.846 bits per heavy atom. The number of aryl methyl sites for hydroxylation is 1. The van der Waals surface area contributed by atoms with Crippen LogP contribution >= 0.6 is 0 Å². The Hall–Kier alpha value is -4.01. The predicted octanol–water partition coefficient (Wildman–Crippen LogP) is 3.90. The fraction of sp³-hybridized carbons (Fsp3) is 0.323. The van der Waals surface area contributed by atoms with E-state index in [4.69, 9.17) is 5.11 Å². The molecule has 1 aliphatic heterocycles. The van der Waals surface area contributed by atoms with Gasteiger partial charge in [-0.3, -0.25) is 19.3 Å². The normalized spacial score (nSPS) is 15.6.